The summed E-state index contributed by atoms with van der Waals surface area (Å²) in [4.78, 5) is 15.2. The maximum atomic E-state index is 11.3. The fraction of sp³-hybridized carbons (Fsp3) is 0.833. The molecule has 1 amide bonds. The second-order valence-corrected chi connectivity index (χ2v) is 4.22. The van der Waals surface area contributed by atoms with Gasteiger partial charge in [-0.2, -0.15) is 0 Å². The number of amides is 1. The molecule has 0 radical (unpaired) electrons. The zero-order chi connectivity index (χ0) is 13.6. The molecule has 18 heavy (non-hydrogen) atoms. The van der Waals surface area contributed by atoms with Crippen molar-refractivity contribution in [2.45, 2.75) is 39.0 Å². The fourth-order valence-corrected chi connectivity index (χ4v) is 1.40. The van der Waals surface area contributed by atoms with Gasteiger partial charge in [0.25, 0.3) is 0 Å². The van der Waals surface area contributed by atoms with E-state index in [0.717, 1.165) is 45.3 Å². The molecule has 0 aliphatic heterocycles. The van der Waals surface area contributed by atoms with Crippen molar-refractivity contribution >= 4 is 11.9 Å². The molecule has 0 aliphatic rings. The molecule has 0 aliphatic carbocycles. The van der Waals surface area contributed by atoms with Gasteiger partial charge < -0.3 is 22.1 Å². The number of nitrogens with one attached hydrogen (secondary N) is 2. The van der Waals surface area contributed by atoms with Crippen molar-refractivity contribution in [3.05, 3.63) is 0 Å². The number of rotatable bonds is 11. The van der Waals surface area contributed by atoms with E-state index in [0.29, 0.717) is 13.0 Å². The molecule has 0 fully saturated rings. The van der Waals surface area contributed by atoms with Gasteiger partial charge in [-0.1, -0.05) is 13.3 Å². The van der Waals surface area contributed by atoms with Crippen LogP contribution in [0, 0.1) is 0 Å². The van der Waals surface area contributed by atoms with Gasteiger partial charge in [0.05, 0.1) is 0 Å². The number of aliphatic imine (C=N–C) groups is 1. The first kappa shape index (κ1) is 16.7. The summed E-state index contributed by atoms with van der Waals surface area (Å²) < 4.78 is 0. The summed E-state index contributed by atoms with van der Waals surface area (Å²) in [5, 5.41) is 6.17. The Morgan fingerprint density at radius 1 is 1.11 bits per heavy atom. The highest BCUT2D eigenvalue weighted by atomic mass is 16.1. The number of nitrogens with zero attached hydrogens (tertiary/aromatic N) is 1. The molecule has 0 saturated carbocycles. The molecule has 0 rings (SSSR count). The highest BCUT2D eigenvalue weighted by Gasteiger charge is 1.98. The van der Waals surface area contributed by atoms with Gasteiger partial charge in [0, 0.05) is 19.5 Å². The lowest BCUT2D eigenvalue weighted by Crippen LogP contribution is -2.27. The number of hydrogen-bond acceptors (Lipinski definition) is 3. The Balaban J connectivity index is 3.16. The molecule has 0 bridgehead atoms. The number of hydrogen-bond donors (Lipinski definition) is 4. The van der Waals surface area contributed by atoms with E-state index in [9.17, 15) is 4.79 Å². The highest BCUT2D eigenvalue weighted by Crippen LogP contribution is 1.92. The second-order valence-electron chi connectivity index (χ2n) is 4.22. The predicted molar refractivity (Wildman–Crippen MR) is 75.3 cm³/mol. The van der Waals surface area contributed by atoms with E-state index in [4.69, 9.17) is 11.5 Å². The lowest BCUT2D eigenvalue weighted by Gasteiger charge is -2.05. The maximum Gasteiger partial charge on any atom is 0.219 e. The molecule has 0 saturated heterocycles. The maximum absolute atomic E-state index is 11.3. The summed E-state index contributed by atoms with van der Waals surface area (Å²) in [6.45, 7) is 5.27. The quantitative estimate of drug-likeness (QED) is 0.236. The van der Waals surface area contributed by atoms with Crippen molar-refractivity contribution in [1.29, 1.82) is 0 Å². The van der Waals surface area contributed by atoms with Gasteiger partial charge in [0.2, 0.25) is 5.91 Å². The summed E-state index contributed by atoms with van der Waals surface area (Å²) >= 11 is 0. The summed E-state index contributed by atoms with van der Waals surface area (Å²) in [6.07, 6.45) is 4.53. The zero-order valence-electron chi connectivity index (χ0n) is 11.4. The van der Waals surface area contributed by atoms with Crippen LogP contribution in [0.2, 0.25) is 0 Å². The van der Waals surface area contributed by atoms with Crippen LogP contribution >= 0.6 is 0 Å². The SMILES string of the molecule is CCCCC(=O)NCCCNCCCN=C(N)N. The van der Waals surface area contributed by atoms with E-state index in [1.54, 1.807) is 0 Å². The first-order valence-electron chi connectivity index (χ1n) is 6.69. The van der Waals surface area contributed by atoms with Crippen LogP contribution < -0.4 is 22.1 Å². The van der Waals surface area contributed by atoms with Crippen molar-refractivity contribution in [3.63, 3.8) is 0 Å². The van der Waals surface area contributed by atoms with Crippen molar-refractivity contribution in [3.8, 4) is 0 Å². The lowest BCUT2D eigenvalue weighted by molar-refractivity contribution is -0.121. The van der Waals surface area contributed by atoms with Crippen molar-refractivity contribution in [2.24, 2.45) is 16.5 Å². The lowest BCUT2D eigenvalue weighted by atomic mass is 10.2. The Hall–Kier alpha value is -1.30. The first-order valence-corrected chi connectivity index (χ1v) is 6.69. The second kappa shape index (κ2) is 12.2. The Bertz CT molecular complexity index is 239. The van der Waals surface area contributed by atoms with Gasteiger partial charge in [0.1, 0.15) is 0 Å². The van der Waals surface area contributed by atoms with Crippen LogP contribution in [0.3, 0.4) is 0 Å². The minimum absolute atomic E-state index is 0.143. The minimum Gasteiger partial charge on any atom is -0.370 e. The normalized spacial score (nSPS) is 10.1. The van der Waals surface area contributed by atoms with Gasteiger partial charge in [-0.15, -0.1) is 0 Å². The molecule has 6 nitrogen and oxygen atoms in total. The van der Waals surface area contributed by atoms with Crippen LogP contribution in [0.4, 0.5) is 0 Å². The van der Waals surface area contributed by atoms with Crippen LogP contribution in [0.5, 0.6) is 0 Å². The molecule has 106 valence electrons. The van der Waals surface area contributed by atoms with Crippen LogP contribution in [-0.4, -0.2) is 38.0 Å². The van der Waals surface area contributed by atoms with Crippen LogP contribution in [0.1, 0.15) is 39.0 Å². The average molecular weight is 257 g/mol. The van der Waals surface area contributed by atoms with Crippen molar-refractivity contribution in [1.82, 2.24) is 10.6 Å². The predicted octanol–water partition coefficient (Wildman–Crippen LogP) is -0.0640. The fourth-order valence-electron chi connectivity index (χ4n) is 1.40. The largest absolute Gasteiger partial charge is 0.370 e. The van der Waals surface area contributed by atoms with E-state index in [-0.39, 0.29) is 11.9 Å². The molecule has 0 heterocycles. The Kier molecular flexibility index (Phi) is 11.3. The van der Waals surface area contributed by atoms with E-state index < -0.39 is 0 Å². The topological polar surface area (TPSA) is 106 Å². The van der Waals surface area contributed by atoms with Crippen molar-refractivity contribution in [2.75, 3.05) is 26.2 Å². The highest BCUT2D eigenvalue weighted by molar-refractivity contribution is 5.75. The Morgan fingerprint density at radius 2 is 1.83 bits per heavy atom. The third kappa shape index (κ3) is 12.8. The van der Waals surface area contributed by atoms with E-state index in [1.165, 1.54) is 0 Å². The number of carbonyl (C=O) groups excluding carboxylic acids is 1. The molecule has 0 unspecified atom stereocenters. The third-order valence-electron chi connectivity index (χ3n) is 2.42. The standard InChI is InChI=1S/C12H27N5O/c1-2-3-6-11(18)16-9-4-7-15-8-5-10-17-12(13)14/h15H,2-10H2,1H3,(H,16,18)(H4,13,14,17). The molecule has 0 aromatic carbocycles. The molecule has 6 heteroatoms. The molecular formula is C12H27N5O. The van der Waals surface area contributed by atoms with Gasteiger partial charge in [-0.3, -0.25) is 9.79 Å². The van der Waals surface area contributed by atoms with Crippen molar-refractivity contribution < 1.29 is 4.79 Å². The number of guanidine groups is 1. The van der Waals surface area contributed by atoms with Crippen LogP contribution in [-0.2, 0) is 4.79 Å². The monoisotopic (exact) mass is 257 g/mol. The number of nitrogens with two attached hydrogens (primary N) is 2. The molecule has 0 aromatic heterocycles. The summed E-state index contributed by atoms with van der Waals surface area (Å²) in [5.41, 5.74) is 10.4. The van der Waals surface area contributed by atoms with Gasteiger partial charge >= 0.3 is 0 Å². The first-order chi connectivity index (χ1) is 8.66. The summed E-state index contributed by atoms with van der Waals surface area (Å²) in [5.74, 6) is 0.300. The van der Waals surface area contributed by atoms with E-state index in [1.807, 2.05) is 0 Å². The molecule has 0 atom stereocenters. The van der Waals surface area contributed by atoms with Gasteiger partial charge in [-0.05, 0) is 32.4 Å². The summed E-state index contributed by atoms with van der Waals surface area (Å²) in [6, 6.07) is 0. The molecule has 0 spiro atoms. The number of carbonyl (C=O) groups is 1. The smallest absolute Gasteiger partial charge is 0.219 e. The molecule has 6 N–H and O–H groups in total. The van der Waals surface area contributed by atoms with E-state index >= 15 is 0 Å². The third-order valence-corrected chi connectivity index (χ3v) is 2.42. The summed E-state index contributed by atoms with van der Waals surface area (Å²) in [7, 11) is 0. The Morgan fingerprint density at radius 3 is 2.50 bits per heavy atom. The van der Waals surface area contributed by atoms with E-state index in [2.05, 4.69) is 22.5 Å². The number of unbranched alkanes of at least 4 members (excludes halogenated alkanes) is 1. The Labute approximate surface area is 110 Å². The average Bonchev–Trinajstić information content (AvgIpc) is 2.34. The minimum atomic E-state index is 0.143. The van der Waals surface area contributed by atoms with Crippen LogP contribution in [0.15, 0.2) is 4.99 Å². The molecule has 0 aromatic rings. The van der Waals surface area contributed by atoms with Gasteiger partial charge in [0.15, 0.2) is 5.96 Å². The van der Waals surface area contributed by atoms with Gasteiger partial charge in [-0.25, -0.2) is 0 Å². The van der Waals surface area contributed by atoms with Crippen LogP contribution in [0.25, 0.3) is 0 Å². The zero-order valence-corrected chi connectivity index (χ0v) is 11.4. The molecular weight excluding hydrogens is 230 g/mol.